The van der Waals surface area contributed by atoms with Crippen molar-refractivity contribution >= 4 is 15.5 Å². The lowest BCUT2D eigenvalue weighted by molar-refractivity contribution is 0.531. The van der Waals surface area contributed by atoms with Gasteiger partial charge in [-0.05, 0) is 61.8 Å². The maximum atomic E-state index is 12.9. The average molecular weight is 342 g/mol. The minimum absolute atomic E-state index is 0.357. The minimum atomic E-state index is -3.46. The van der Waals surface area contributed by atoms with Crippen LogP contribution < -0.4 is 10.2 Å². The molecule has 2 aromatic carbocycles. The van der Waals surface area contributed by atoms with Crippen molar-refractivity contribution in [3.8, 4) is 0 Å². The zero-order valence-corrected chi connectivity index (χ0v) is 14.6. The summed E-state index contributed by atoms with van der Waals surface area (Å²) in [6.45, 7) is 2.01. The summed E-state index contributed by atoms with van der Waals surface area (Å²) in [4.78, 5) is 3.08. The molecule has 2 heterocycles. The Bertz CT molecular complexity index is 849. The Labute approximate surface area is 143 Å². The molecular weight excluding hydrogens is 320 g/mol. The summed E-state index contributed by atoms with van der Waals surface area (Å²) >= 11 is 0. The van der Waals surface area contributed by atoms with E-state index < -0.39 is 9.84 Å². The zero-order chi connectivity index (χ0) is 16.7. The summed E-state index contributed by atoms with van der Waals surface area (Å²) in [5.41, 5.74) is 2.36. The molecule has 2 aromatic rings. The predicted molar refractivity (Wildman–Crippen MR) is 95.4 cm³/mol. The third kappa shape index (κ3) is 2.43. The highest BCUT2D eigenvalue weighted by atomic mass is 32.2. The Hall–Kier alpha value is -1.85. The molecule has 0 amide bonds. The number of hydrogen-bond acceptors (Lipinski definition) is 4. The van der Waals surface area contributed by atoms with Crippen molar-refractivity contribution < 1.29 is 8.42 Å². The Morgan fingerprint density at radius 2 is 1.75 bits per heavy atom. The Morgan fingerprint density at radius 1 is 1.00 bits per heavy atom. The first-order valence-electron chi connectivity index (χ1n) is 8.46. The van der Waals surface area contributed by atoms with Gasteiger partial charge in [0.1, 0.15) is 0 Å². The van der Waals surface area contributed by atoms with Gasteiger partial charge in [-0.15, -0.1) is 0 Å². The van der Waals surface area contributed by atoms with Crippen LogP contribution in [0.3, 0.4) is 0 Å². The number of fused-ring (bicyclic) bond motifs is 3. The number of hydrogen-bond donors (Lipinski definition) is 1. The van der Waals surface area contributed by atoms with Crippen molar-refractivity contribution in [2.24, 2.45) is 0 Å². The molecule has 24 heavy (non-hydrogen) atoms. The molecule has 4 nitrogen and oxygen atoms in total. The van der Waals surface area contributed by atoms with Crippen LogP contribution in [0.2, 0.25) is 0 Å². The Balaban J connectivity index is 1.78. The molecule has 5 heteroatoms. The van der Waals surface area contributed by atoms with Crippen molar-refractivity contribution in [3.05, 3.63) is 54.1 Å². The number of likely N-dealkylation sites (N-methyl/N-ethyl adjacent to an activating group) is 1. The number of nitrogens with zero attached hydrogens (tertiary/aromatic N) is 1. The molecule has 2 aliphatic rings. The third-order valence-electron chi connectivity index (χ3n) is 5.35. The van der Waals surface area contributed by atoms with Crippen molar-refractivity contribution in [2.45, 2.75) is 34.6 Å². The number of rotatable bonds is 2. The van der Waals surface area contributed by atoms with E-state index in [-0.39, 0.29) is 0 Å². The van der Waals surface area contributed by atoms with Crippen LogP contribution in [0, 0.1) is 0 Å². The maximum Gasteiger partial charge on any atom is 0.206 e. The summed E-state index contributed by atoms with van der Waals surface area (Å²) in [6, 6.07) is 14.8. The standard InChI is InChI=1S/C19H22N2O2S/c1-21-18-8-7-15(24(22,23)14-5-3-2-4-6-14)13-17(18)16-9-11-20-12-10-19(16)21/h2-8,13,16,19-20H,9-12H2,1H3/t16-,19?/m1/s1. The van der Waals surface area contributed by atoms with Crippen molar-refractivity contribution in [2.75, 3.05) is 25.0 Å². The van der Waals surface area contributed by atoms with E-state index in [1.807, 2.05) is 18.2 Å². The predicted octanol–water partition coefficient (Wildman–Crippen LogP) is 2.80. The van der Waals surface area contributed by atoms with Gasteiger partial charge in [-0.2, -0.15) is 0 Å². The van der Waals surface area contributed by atoms with Gasteiger partial charge < -0.3 is 10.2 Å². The first-order chi connectivity index (χ1) is 11.6. The fraction of sp³-hybridized carbons (Fsp3) is 0.368. The summed E-state index contributed by atoms with van der Waals surface area (Å²) in [5, 5.41) is 3.45. The molecule has 0 bridgehead atoms. The molecule has 0 aromatic heterocycles. The van der Waals surface area contributed by atoms with Crippen LogP contribution in [-0.2, 0) is 9.84 Å². The largest absolute Gasteiger partial charge is 0.371 e. The molecule has 0 spiro atoms. The highest BCUT2D eigenvalue weighted by Crippen LogP contribution is 2.44. The second kappa shape index (κ2) is 5.90. The van der Waals surface area contributed by atoms with Crippen molar-refractivity contribution in [1.29, 1.82) is 0 Å². The van der Waals surface area contributed by atoms with Crippen molar-refractivity contribution in [1.82, 2.24) is 5.32 Å². The van der Waals surface area contributed by atoms with Gasteiger partial charge in [-0.1, -0.05) is 18.2 Å². The summed E-state index contributed by atoms with van der Waals surface area (Å²) in [6.07, 6.45) is 2.15. The van der Waals surface area contributed by atoms with Gasteiger partial charge in [0.15, 0.2) is 0 Å². The lowest BCUT2D eigenvalue weighted by Gasteiger charge is -2.24. The molecule has 1 N–H and O–H groups in total. The molecule has 2 atom stereocenters. The molecule has 0 radical (unpaired) electrons. The van der Waals surface area contributed by atoms with E-state index >= 15 is 0 Å². The van der Waals surface area contributed by atoms with Crippen LogP contribution in [0.1, 0.15) is 24.3 Å². The molecular formula is C19H22N2O2S. The number of anilines is 1. The molecule has 1 fully saturated rings. The Morgan fingerprint density at radius 3 is 2.54 bits per heavy atom. The number of nitrogens with one attached hydrogen (secondary N) is 1. The summed E-state index contributed by atoms with van der Waals surface area (Å²) in [7, 11) is -1.33. The van der Waals surface area contributed by atoms with Crippen molar-refractivity contribution in [3.63, 3.8) is 0 Å². The molecule has 4 rings (SSSR count). The van der Waals surface area contributed by atoms with E-state index in [0.29, 0.717) is 21.8 Å². The second-order valence-corrected chi connectivity index (χ2v) is 8.60. The highest BCUT2D eigenvalue weighted by Gasteiger charge is 2.37. The fourth-order valence-corrected chi connectivity index (χ4v) is 5.40. The molecule has 2 aliphatic heterocycles. The average Bonchev–Trinajstić information content (AvgIpc) is 2.78. The van der Waals surface area contributed by atoms with E-state index in [2.05, 4.69) is 17.3 Å². The third-order valence-corrected chi connectivity index (χ3v) is 7.12. The van der Waals surface area contributed by atoms with E-state index in [0.717, 1.165) is 25.9 Å². The monoisotopic (exact) mass is 342 g/mol. The Kier molecular flexibility index (Phi) is 3.85. The summed E-state index contributed by atoms with van der Waals surface area (Å²) < 4.78 is 25.8. The van der Waals surface area contributed by atoms with Gasteiger partial charge in [0.2, 0.25) is 9.84 Å². The highest BCUT2D eigenvalue weighted by molar-refractivity contribution is 7.91. The maximum absolute atomic E-state index is 12.9. The van der Waals surface area contributed by atoms with Crippen LogP contribution >= 0.6 is 0 Å². The van der Waals surface area contributed by atoms with Crippen LogP contribution in [-0.4, -0.2) is 34.6 Å². The molecule has 0 saturated carbocycles. The van der Waals surface area contributed by atoms with Gasteiger partial charge in [0, 0.05) is 24.7 Å². The number of sulfone groups is 1. The van der Waals surface area contributed by atoms with Gasteiger partial charge >= 0.3 is 0 Å². The van der Waals surface area contributed by atoms with E-state index in [9.17, 15) is 8.42 Å². The van der Waals surface area contributed by atoms with Gasteiger partial charge in [-0.3, -0.25) is 0 Å². The smallest absolute Gasteiger partial charge is 0.206 e. The fourth-order valence-electron chi connectivity index (χ4n) is 4.08. The minimum Gasteiger partial charge on any atom is -0.371 e. The zero-order valence-electron chi connectivity index (χ0n) is 13.8. The second-order valence-electron chi connectivity index (χ2n) is 6.65. The van der Waals surface area contributed by atoms with Crippen LogP contribution in [0.4, 0.5) is 5.69 Å². The van der Waals surface area contributed by atoms with Gasteiger partial charge in [-0.25, -0.2) is 8.42 Å². The first kappa shape index (κ1) is 15.7. The number of benzene rings is 2. The van der Waals surface area contributed by atoms with E-state index in [1.54, 1.807) is 30.3 Å². The molecule has 0 aliphatic carbocycles. The van der Waals surface area contributed by atoms with E-state index in [4.69, 9.17) is 0 Å². The quantitative estimate of drug-likeness (QED) is 0.912. The van der Waals surface area contributed by atoms with Crippen LogP contribution in [0.5, 0.6) is 0 Å². The van der Waals surface area contributed by atoms with Crippen LogP contribution in [0.15, 0.2) is 58.3 Å². The lowest BCUT2D eigenvalue weighted by Crippen LogP contribution is -2.30. The molecule has 126 valence electrons. The van der Waals surface area contributed by atoms with E-state index in [1.165, 1.54) is 11.3 Å². The van der Waals surface area contributed by atoms with Crippen LogP contribution in [0.25, 0.3) is 0 Å². The van der Waals surface area contributed by atoms with Gasteiger partial charge in [0.05, 0.1) is 9.79 Å². The SMILES string of the molecule is CN1c2ccc(S(=O)(=O)c3ccccc3)cc2[C@H]2CCNCCC21. The molecule has 1 saturated heterocycles. The summed E-state index contributed by atoms with van der Waals surface area (Å²) in [5.74, 6) is 0.408. The first-order valence-corrected chi connectivity index (χ1v) is 9.95. The van der Waals surface area contributed by atoms with Gasteiger partial charge in [0.25, 0.3) is 0 Å². The normalized spacial score (nSPS) is 23.5. The topological polar surface area (TPSA) is 49.4 Å². The molecule has 1 unspecified atom stereocenters. The lowest BCUT2D eigenvalue weighted by atomic mass is 9.91.